The van der Waals surface area contributed by atoms with E-state index in [0.717, 1.165) is 0 Å². The SMILES string of the molecule is COC(=O)C1C(C)OC(C)(C)N1C=O. The van der Waals surface area contributed by atoms with Crippen LogP contribution in [0.4, 0.5) is 0 Å². The summed E-state index contributed by atoms with van der Waals surface area (Å²) >= 11 is 0. The Bertz CT molecular complexity index is 251. The summed E-state index contributed by atoms with van der Waals surface area (Å²) in [5, 5.41) is 0. The highest BCUT2D eigenvalue weighted by atomic mass is 16.6. The molecule has 0 aromatic heterocycles. The van der Waals surface area contributed by atoms with E-state index in [1.54, 1.807) is 20.8 Å². The molecule has 0 N–H and O–H groups in total. The van der Waals surface area contributed by atoms with Crippen LogP contribution in [-0.4, -0.2) is 42.3 Å². The molecule has 1 amide bonds. The molecule has 2 unspecified atom stereocenters. The van der Waals surface area contributed by atoms with E-state index in [9.17, 15) is 9.59 Å². The smallest absolute Gasteiger partial charge is 0.331 e. The first-order valence-electron chi connectivity index (χ1n) is 4.43. The molecule has 1 fully saturated rings. The lowest BCUT2D eigenvalue weighted by Gasteiger charge is -2.28. The third-order valence-corrected chi connectivity index (χ3v) is 2.40. The lowest BCUT2D eigenvalue weighted by molar-refractivity contribution is -0.151. The number of rotatable bonds is 2. The van der Waals surface area contributed by atoms with Crippen LogP contribution in [0.1, 0.15) is 20.8 Å². The van der Waals surface area contributed by atoms with Crippen LogP contribution in [0.15, 0.2) is 0 Å². The Morgan fingerprint density at radius 3 is 2.57 bits per heavy atom. The molecular formula is C9H15NO4. The van der Waals surface area contributed by atoms with E-state index in [-0.39, 0.29) is 6.10 Å². The normalized spacial score (nSPS) is 30.1. The van der Waals surface area contributed by atoms with Gasteiger partial charge in [-0.05, 0) is 20.8 Å². The zero-order valence-electron chi connectivity index (χ0n) is 8.81. The summed E-state index contributed by atoms with van der Waals surface area (Å²) < 4.78 is 10.1. The van der Waals surface area contributed by atoms with E-state index in [1.807, 2.05) is 0 Å². The maximum Gasteiger partial charge on any atom is 0.331 e. The standard InChI is InChI=1S/C9H15NO4/c1-6-7(8(12)13-4)10(5-11)9(2,3)14-6/h5-7H,1-4H3. The van der Waals surface area contributed by atoms with Crippen molar-refractivity contribution < 1.29 is 19.1 Å². The first kappa shape index (κ1) is 11.0. The Morgan fingerprint density at radius 1 is 1.57 bits per heavy atom. The molecule has 1 aliphatic rings. The van der Waals surface area contributed by atoms with Crippen LogP contribution < -0.4 is 0 Å². The summed E-state index contributed by atoms with van der Waals surface area (Å²) in [4.78, 5) is 23.6. The molecule has 5 heteroatoms. The number of hydrogen-bond donors (Lipinski definition) is 0. The third kappa shape index (κ3) is 1.59. The molecule has 0 bridgehead atoms. The molecule has 2 atom stereocenters. The highest BCUT2D eigenvalue weighted by Crippen LogP contribution is 2.30. The van der Waals surface area contributed by atoms with Gasteiger partial charge < -0.3 is 14.4 Å². The Morgan fingerprint density at radius 2 is 2.14 bits per heavy atom. The van der Waals surface area contributed by atoms with Crippen LogP contribution in [0.5, 0.6) is 0 Å². The largest absolute Gasteiger partial charge is 0.467 e. The number of amides is 1. The zero-order chi connectivity index (χ0) is 10.9. The van der Waals surface area contributed by atoms with Gasteiger partial charge in [-0.3, -0.25) is 4.79 Å². The molecule has 80 valence electrons. The van der Waals surface area contributed by atoms with Crippen molar-refractivity contribution in [2.45, 2.75) is 38.6 Å². The number of ether oxygens (including phenoxy) is 2. The average Bonchev–Trinajstić information content (AvgIpc) is 2.33. The van der Waals surface area contributed by atoms with Crippen LogP contribution in [0.25, 0.3) is 0 Å². The van der Waals surface area contributed by atoms with E-state index >= 15 is 0 Å². The fourth-order valence-electron chi connectivity index (χ4n) is 1.76. The van der Waals surface area contributed by atoms with E-state index in [4.69, 9.17) is 4.74 Å². The molecule has 14 heavy (non-hydrogen) atoms. The zero-order valence-corrected chi connectivity index (χ0v) is 8.81. The second-order valence-corrected chi connectivity index (χ2v) is 3.75. The van der Waals surface area contributed by atoms with E-state index in [0.29, 0.717) is 6.41 Å². The molecule has 0 aromatic carbocycles. The number of nitrogens with zero attached hydrogens (tertiary/aromatic N) is 1. The minimum absolute atomic E-state index is 0.345. The van der Waals surface area contributed by atoms with E-state index < -0.39 is 17.7 Å². The molecule has 5 nitrogen and oxygen atoms in total. The van der Waals surface area contributed by atoms with Gasteiger partial charge in [0.2, 0.25) is 6.41 Å². The van der Waals surface area contributed by atoms with Crippen molar-refractivity contribution in [3.63, 3.8) is 0 Å². The van der Waals surface area contributed by atoms with Crippen LogP contribution in [0.2, 0.25) is 0 Å². The molecule has 0 saturated carbocycles. The van der Waals surface area contributed by atoms with Crippen molar-refractivity contribution >= 4 is 12.4 Å². The molecule has 1 aliphatic heterocycles. The maximum absolute atomic E-state index is 11.4. The highest BCUT2D eigenvalue weighted by Gasteiger charge is 2.48. The number of carbonyl (C=O) groups is 2. The third-order valence-electron chi connectivity index (χ3n) is 2.40. The van der Waals surface area contributed by atoms with Gasteiger partial charge in [0.1, 0.15) is 5.72 Å². The van der Waals surface area contributed by atoms with Gasteiger partial charge in [-0.15, -0.1) is 0 Å². The summed E-state index contributed by atoms with van der Waals surface area (Å²) in [7, 11) is 1.29. The van der Waals surface area contributed by atoms with Crippen LogP contribution in [-0.2, 0) is 19.1 Å². The fraction of sp³-hybridized carbons (Fsp3) is 0.778. The monoisotopic (exact) mass is 201 g/mol. The van der Waals surface area contributed by atoms with Gasteiger partial charge in [0, 0.05) is 0 Å². The molecule has 0 radical (unpaired) electrons. The molecular weight excluding hydrogens is 186 g/mol. The molecule has 1 rings (SSSR count). The van der Waals surface area contributed by atoms with Gasteiger partial charge in [0.25, 0.3) is 0 Å². The second-order valence-electron chi connectivity index (χ2n) is 3.75. The van der Waals surface area contributed by atoms with E-state index in [1.165, 1.54) is 12.0 Å². The molecule has 0 spiro atoms. The lowest BCUT2D eigenvalue weighted by atomic mass is 10.1. The van der Waals surface area contributed by atoms with Gasteiger partial charge in [-0.25, -0.2) is 4.79 Å². The van der Waals surface area contributed by atoms with Crippen LogP contribution in [0.3, 0.4) is 0 Å². The van der Waals surface area contributed by atoms with Gasteiger partial charge >= 0.3 is 5.97 Å². The van der Waals surface area contributed by atoms with Crippen molar-refractivity contribution in [2.75, 3.05) is 7.11 Å². The van der Waals surface area contributed by atoms with Crippen molar-refractivity contribution in [3.8, 4) is 0 Å². The number of carbonyl (C=O) groups excluding carboxylic acids is 2. The Balaban J connectivity index is 2.94. The molecule has 0 aliphatic carbocycles. The predicted molar refractivity (Wildman–Crippen MR) is 48.3 cm³/mol. The Hall–Kier alpha value is -1.10. The maximum atomic E-state index is 11.4. The van der Waals surface area contributed by atoms with Crippen molar-refractivity contribution in [2.24, 2.45) is 0 Å². The van der Waals surface area contributed by atoms with Gasteiger partial charge in [-0.1, -0.05) is 0 Å². The molecule has 0 aromatic rings. The predicted octanol–water partition coefficient (Wildman–Crippen LogP) is 0.141. The van der Waals surface area contributed by atoms with Gasteiger partial charge in [0.05, 0.1) is 13.2 Å². The van der Waals surface area contributed by atoms with Gasteiger partial charge in [0.15, 0.2) is 6.04 Å². The summed E-state index contributed by atoms with van der Waals surface area (Å²) in [6.07, 6.45) is 0.271. The van der Waals surface area contributed by atoms with E-state index in [2.05, 4.69) is 4.74 Å². The van der Waals surface area contributed by atoms with Crippen molar-refractivity contribution in [3.05, 3.63) is 0 Å². The number of hydrogen-bond acceptors (Lipinski definition) is 4. The van der Waals surface area contributed by atoms with Crippen LogP contribution in [0, 0.1) is 0 Å². The summed E-state index contributed by atoms with van der Waals surface area (Å²) in [5.74, 6) is -0.449. The van der Waals surface area contributed by atoms with Crippen LogP contribution >= 0.6 is 0 Å². The minimum Gasteiger partial charge on any atom is -0.467 e. The first-order valence-corrected chi connectivity index (χ1v) is 4.43. The lowest BCUT2D eigenvalue weighted by Crippen LogP contribution is -2.47. The minimum atomic E-state index is -0.750. The molecule has 1 heterocycles. The summed E-state index contributed by atoms with van der Waals surface area (Å²) in [6, 6.07) is -0.646. The average molecular weight is 201 g/mol. The fourth-order valence-corrected chi connectivity index (χ4v) is 1.76. The van der Waals surface area contributed by atoms with Crippen molar-refractivity contribution in [1.82, 2.24) is 4.90 Å². The number of methoxy groups -OCH3 is 1. The highest BCUT2D eigenvalue weighted by molar-refractivity contribution is 5.79. The summed E-state index contributed by atoms with van der Waals surface area (Å²) in [6.45, 7) is 5.22. The Labute approximate surface area is 83.0 Å². The number of esters is 1. The quantitative estimate of drug-likeness (QED) is 0.471. The summed E-state index contributed by atoms with van der Waals surface area (Å²) in [5.41, 5.74) is -0.750. The van der Waals surface area contributed by atoms with Crippen molar-refractivity contribution in [1.29, 1.82) is 0 Å². The molecule has 1 saturated heterocycles. The van der Waals surface area contributed by atoms with Gasteiger partial charge in [-0.2, -0.15) is 0 Å². The Kier molecular flexibility index (Phi) is 2.80. The topological polar surface area (TPSA) is 55.8 Å². The second kappa shape index (κ2) is 3.57. The first-order chi connectivity index (χ1) is 6.44.